The molecule has 4 rings (SSSR count). The van der Waals surface area contributed by atoms with E-state index in [0.717, 1.165) is 30.6 Å². The molecule has 1 aromatic heterocycles. The highest BCUT2D eigenvalue weighted by atomic mass is 32.2. The van der Waals surface area contributed by atoms with Gasteiger partial charge < -0.3 is 4.98 Å². The summed E-state index contributed by atoms with van der Waals surface area (Å²) >= 11 is 1.03. The zero-order chi connectivity index (χ0) is 15.9. The number of nitrogens with one attached hydrogen (secondary N) is 1. The third-order valence-electron chi connectivity index (χ3n) is 4.12. The van der Waals surface area contributed by atoms with Gasteiger partial charge in [-0.1, -0.05) is 12.5 Å². The predicted molar refractivity (Wildman–Crippen MR) is 87.1 cm³/mol. The van der Waals surface area contributed by atoms with Gasteiger partial charge in [0.1, 0.15) is 22.1 Å². The number of rotatable bonds is 3. The molecule has 7 nitrogen and oxygen atoms in total. The second kappa shape index (κ2) is 5.66. The molecule has 0 amide bonds. The van der Waals surface area contributed by atoms with Gasteiger partial charge in [0.25, 0.3) is 0 Å². The summed E-state index contributed by atoms with van der Waals surface area (Å²) in [7, 11) is -3.66. The molecule has 2 aliphatic heterocycles. The number of hydrogen-bond donors (Lipinski definition) is 1. The van der Waals surface area contributed by atoms with Crippen LogP contribution in [0.15, 0.2) is 44.2 Å². The van der Waals surface area contributed by atoms with Gasteiger partial charge >= 0.3 is 0 Å². The standard InChI is InChI=1S/C14H15N5O2S2/c20-23(21,12-6-3-4-10-13(12)18-22-17-10)19-9-2-1-5-11(19)14-15-7-8-16-14/h3-4,6-8,11H,1-2,5,9H2,(H,15,16)/t11-/m0/s1. The molecule has 1 saturated heterocycles. The van der Waals surface area contributed by atoms with Crippen molar-refractivity contribution in [1.82, 2.24) is 14.3 Å². The molecule has 3 heterocycles. The summed E-state index contributed by atoms with van der Waals surface area (Å²) in [6.45, 7) is 0.488. The van der Waals surface area contributed by atoms with Gasteiger partial charge in [0.2, 0.25) is 10.0 Å². The van der Waals surface area contributed by atoms with Crippen LogP contribution in [0.2, 0.25) is 0 Å². The van der Waals surface area contributed by atoms with Gasteiger partial charge in [-0.3, -0.25) is 0 Å². The fourth-order valence-corrected chi connectivity index (χ4v) is 5.46. The number of aromatic nitrogens is 2. The maximum absolute atomic E-state index is 13.2. The molecule has 1 fully saturated rings. The quantitative estimate of drug-likeness (QED) is 0.788. The monoisotopic (exact) mass is 349 g/mol. The van der Waals surface area contributed by atoms with Crippen molar-refractivity contribution in [2.24, 2.45) is 8.73 Å². The van der Waals surface area contributed by atoms with Gasteiger partial charge in [-0.25, -0.2) is 13.4 Å². The zero-order valence-electron chi connectivity index (χ0n) is 12.2. The third kappa shape index (κ3) is 2.44. The maximum atomic E-state index is 13.2. The van der Waals surface area contributed by atoms with E-state index in [1.54, 1.807) is 34.9 Å². The Balaban J connectivity index is 1.79. The molecule has 0 aliphatic carbocycles. The van der Waals surface area contributed by atoms with Gasteiger partial charge in [-0.15, -0.1) is 0 Å². The number of benzene rings is 1. The number of H-pyrrole nitrogens is 1. The fraction of sp³-hybridized carbons (Fsp3) is 0.357. The van der Waals surface area contributed by atoms with Crippen molar-refractivity contribution in [3.05, 3.63) is 36.4 Å². The van der Waals surface area contributed by atoms with Crippen LogP contribution in [-0.4, -0.2) is 29.2 Å². The molecule has 0 radical (unpaired) electrons. The molecule has 0 unspecified atom stereocenters. The molecule has 1 aromatic carbocycles. The Morgan fingerprint density at radius 1 is 1.26 bits per heavy atom. The summed E-state index contributed by atoms with van der Waals surface area (Å²) in [5.41, 5.74) is 1.06. The van der Waals surface area contributed by atoms with Crippen LogP contribution in [0.25, 0.3) is 0 Å². The third-order valence-corrected chi connectivity index (χ3v) is 6.61. The van der Waals surface area contributed by atoms with E-state index in [-0.39, 0.29) is 10.9 Å². The first-order valence-electron chi connectivity index (χ1n) is 7.40. The average Bonchev–Trinajstić information content (AvgIpc) is 3.25. The molecule has 0 spiro atoms. The largest absolute Gasteiger partial charge is 0.347 e. The van der Waals surface area contributed by atoms with E-state index < -0.39 is 10.0 Å². The van der Waals surface area contributed by atoms with Crippen LogP contribution < -0.4 is 0 Å². The van der Waals surface area contributed by atoms with Gasteiger partial charge in [0, 0.05) is 18.9 Å². The minimum Gasteiger partial charge on any atom is -0.347 e. The van der Waals surface area contributed by atoms with Crippen LogP contribution >= 0.6 is 0 Å². The van der Waals surface area contributed by atoms with Gasteiger partial charge in [0.15, 0.2) is 0 Å². The summed E-state index contributed by atoms with van der Waals surface area (Å²) in [5, 5.41) is 0. The second-order valence-corrected chi connectivity index (χ2v) is 7.88. The first kappa shape index (κ1) is 14.7. The molecular formula is C14H15N5O2S2. The van der Waals surface area contributed by atoms with E-state index in [9.17, 15) is 8.42 Å². The van der Waals surface area contributed by atoms with Crippen molar-refractivity contribution < 1.29 is 8.42 Å². The molecule has 0 bridgehead atoms. The second-order valence-electron chi connectivity index (χ2n) is 5.49. The van der Waals surface area contributed by atoms with Crippen LogP contribution in [0.3, 0.4) is 0 Å². The van der Waals surface area contributed by atoms with E-state index >= 15 is 0 Å². The minimum absolute atomic E-state index is 0.224. The average molecular weight is 349 g/mol. The Morgan fingerprint density at radius 2 is 2.17 bits per heavy atom. The van der Waals surface area contributed by atoms with E-state index in [1.165, 1.54) is 0 Å². The van der Waals surface area contributed by atoms with Crippen LogP contribution in [0, 0.1) is 0 Å². The van der Waals surface area contributed by atoms with Crippen molar-refractivity contribution >= 4 is 32.8 Å². The highest BCUT2D eigenvalue weighted by Gasteiger charge is 2.37. The van der Waals surface area contributed by atoms with Crippen LogP contribution in [0.1, 0.15) is 31.1 Å². The zero-order valence-corrected chi connectivity index (χ0v) is 13.8. The predicted octanol–water partition coefficient (Wildman–Crippen LogP) is 3.05. The smallest absolute Gasteiger partial charge is 0.246 e. The number of piperidine rings is 1. The number of sulfonamides is 1. The van der Waals surface area contributed by atoms with Crippen molar-refractivity contribution in [3.63, 3.8) is 0 Å². The Bertz CT molecular complexity index is 901. The fourth-order valence-electron chi connectivity index (χ4n) is 3.04. The van der Waals surface area contributed by atoms with E-state index in [4.69, 9.17) is 0 Å². The first-order valence-corrected chi connectivity index (χ1v) is 9.57. The van der Waals surface area contributed by atoms with E-state index in [1.807, 2.05) is 0 Å². The summed E-state index contributed by atoms with van der Waals surface area (Å²) < 4.78 is 36.3. The lowest BCUT2D eigenvalue weighted by Gasteiger charge is -2.33. The van der Waals surface area contributed by atoms with Gasteiger partial charge in [-0.2, -0.15) is 13.0 Å². The Labute approximate surface area is 137 Å². The topological polar surface area (TPSA) is 90.8 Å². The van der Waals surface area contributed by atoms with E-state index in [2.05, 4.69) is 18.7 Å². The molecule has 2 aromatic rings. The summed E-state index contributed by atoms with van der Waals surface area (Å²) in [6.07, 6.45) is 5.97. The lowest BCUT2D eigenvalue weighted by atomic mass is 10.0. The number of imidazole rings is 1. The van der Waals surface area contributed by atoms with Crippen molar-refractivity contribution in [3.8, 4) is 0 Å². The highest BCUT2D eigenvalue weighted by Crippen LogP contribution is 2.41. The Morgan fingerprint density at radius 3 is 3.00 bits per heavy atom. The van der Waals surface area contributed by atoms with E-state index in [0.29, 0.717) is 23.7 Å². The highest BCUT2D eigenvalue weighted by molar-refractivity contribution is 7.89. The molecule has 120 valence electrons. The number of hydrogen-bond acceptors (Lipinski definition) is 5. The number of aromatic amines is 1. The van der Waals surface area contributed by atoms with Crippen LogP contribution in [-0.2, 0) is 21.4 Å². The Kier molecular flexibility index (Phi) is 3.63. The molecule has 1 atom stereocenters. The lowest BCUT2D eigenvalue weighted by Crippen LogP contribution is -2.39. The normalized spacial score (nSPS) is 21.1. The molecule has 23 heavy (non-hydrogen) atoms. The van der Waals surface area contributed by atoms with Crippen molar-refractivity contribution in [2.45, 2.75) is 30.2 Å². The molecule has 0 saturated carbocycles. The van der Waals surface area contributed by atoms with Gasteiger partial charge in [0.05, 0.1) is 17.4 Å². The first-order chi connectivity index (χ1) is 11.2. The van der Waals surface area contributed by atoms with Crippen LogP contribution in [0.5, 0.6) is 0 Å². The molecule has 2 aliphatic rings. The number of fused-ring (bicyclic) bond motifs is 1. The molecule has 1 N–H and O–H groups in total. The Hall–Kier alpha value is -1.84. The summed E-state index contributed by atoms with van der Waals surface area (Å²) in [4.78, 5) is 7.54. The van der Waals surface area contributed by atoms with Gasteiger partial charge in [-0.05, 0) is 25.0 Å². The SMILES string of the molecule is O=S(=O)(c1cccc2c1N=S=N2)N1CCCC[C@H]1c1ncc[nH]1. The number of nitrogens with zero attached hydrogens (tertiary/aromatic N) is 4. The minimum atomic E-state index is -3.66. The summed E-state index contributed by atoms with van der Waals surface area (Å²) in [5.74, 6) is 0.692. The van der Waals surface area contributed by atoms with Crippen molar-refractivity contribution in [1.29, 1.82) is 0 Å². The van der Waals surface area contributed by atoms with Crippen LogP contribution in [0.4, 0.5) is 11.4 Å². The lowest BCUT2D eigenvalue weighted by molar-refractivity contribution is 0.247. The molecule has 9 heteroatoms. The summed E-state index contributed by atoms with van der Waals surface area (Å²) in [6, 6.07) is 4.83. The van der Waals surface area contributed by atoms with Crippen molar-refractivity contribution in [2.75, 3.05) is 6.54 Å². The maximum Gasteiger partial charge on any atom is 0.246 e. The molecular weight excluding hydrogens is 334 g/mol.